The smallest absolute Gasteiger partial charge is 0.0725 e. The highest BCUT2D eigenvalue weighted by Gasteiger charge is 2.28. The van der Waals surface area contributed by atoms with E-state index >= 15 is 0 Å². The van der Waals surface area contributed by atoms with Gasteiger partial charge in [-0.1, -0.05) is 18.2 Å². The summed E-state index contributed by atoms with van der Waals surface area (Å²) < 4.78 is 0. The third kappa shape index (κ3) is 2.88. The van der Waals surface area contributed by atoms with Gasteiger partial charge < -0.3 is 9.80 Å². The molecule has 1 aliphatic rings. The average molecular weight is 360 g/mol. The molecule has 1 atom stereocenters. The Bertz CT molecular complexity index is 677. The van der Waals surface area contributed by atoms with E-state index < -0.39 is 0 Å². The number of likely N-dealkylation sites (N-methyl/N-ethyl adjacent to an activating group) is 1. The van der Waals surface area contributed by atoms with Crippen LogP contribution in [-0.2, 0) is 0 Å². The zero-order valence-electron chi connectivity index (χ0n) is 13.4. The highest BCUT2D eigenvalue weighted by atomic mass is 79.9. The van der Waals surface area contributed by atoms with E-state index in [9.17, 15) is 0 Å². The quantitative estimate of drug-likeness (QED) is 0.796. The summed E-state index contributed by atoms with van der Waals surface area (Å²) in [5.74, 6) is 0. The fourth-order valence-electron chi connectivity index (χ4n) is 2.73. The lowest BCUT2D eigenvalue weighted by Gasteiger charge is -2.18. The molecule has 0 fully saturated rings. The summed E-state index contributed by atoms with van der Waals surface area (Å²) in [5, 5.41) is 0. The van der Waals surface area contributed by atoms with Crippen molar-refractivity contribution in [3.8, 4) is 0 Å². The van der Waals surface area contributed by atoms with Crippen molar-refractivity contribution in [3.63, 3.8) is 0 Å². The Morgan fingerprint density at radius 2 is 1.64 bits per heavy atom. The van der Waals surface area contributed by atoms with Gasteiger partial charge in [-0.05, 0) is 37.3 Å². The van der Waals surface area contributed by atoms with Crippen LogP contribution >= 0.6 is 17.0 Å². The highest BCUT2D eigenvalue weighted by Crippen LogP contribution is 2.32. The van der Waals surface area contributed by atoms with Crippen molar-refractivity contribution in [2.75, 3.05) is 30.9 Å². The second-order valence-electron chi connectivity index (χ2n) is 5.71. The van der Waals surface area contributed by atoms with Crippen LogP contribution in [0.2, 0.25) is 0 Å². The number of para-hydroxylation sites is 1. The third-order valence-corrected chi connectivity index (χ3v) is 4.15. The van der Waals surface area contributed by atoms with Gasteiger partial charge in [0.05, 0.1) is 17.4 Å². The van der Waals surface area contributed by atoms with Crippen LogP contribution in [0.15, 0.2) is 53.5 Å². The Kier molecular flexibility index (Phi) is 4.91. The Morgan fingerprint density at radius 1 is 1.00 bits per heavy atom. The number of anilines is 2. The Morgan fingerprint density at radius 3 is 2.27 bits per heavy atom. The second kappa shape index (κ2) is 6.53. The molecule has 2 aromatic carbocycles. The van der Waals surface area contributed by atoms with Gasteiger partial charge in [0, 0.05) is 38.1 Å². The first kappa shape index (κ1) is 16.6. The van der Waals surface area contributed by atoms with Gasteiger partial charge in [0.15, 0.2) is 0 Å². The maximum absolute atomic E-state index is 4.89. The Labute approximate surface area is 143 Å². The maximum Gasteiger partial charge on any atom is 0.0725 e. The number of benzene rings is 2. The minimum Gasteiger partial charge on any atom is -0.378 e. The molecular formula is C18H22BrN3. The van der Waals surface area contributed by atoms with Gasteiger partial charge in [0.1, 0.15) is 0 Å². The van der Waals surface area contributed by atoms with E-state index in [1.54, 1.807) is 0 Å². The monoisotopic (exact) mass is 359 g/mol. The number of rotatable bonds is 2. The molecule has 3 nitrogen and oxygen atoms in total. The molecule has 0 N–H and O–H groups in total. The lowest BCUT2D eigenvalue weighted by molar-refractivity contribution is 0.888. The van der Waals surface area contributed by atoms with Crippen LogP contribution in [0.3, 0.4) is 0 Å². The van der Waals surface area contributed by atoms with E-state index in [1.165, 1.54) is 16.9 Å². The SMILES string of the molecule is Br.CC1C(=Nc2ccc(N(C)C)cc2)c2ccccc2N1C. The van der Waals surface area contributed by atoms with Crippen molar-refractivity contribution in [2.45, 2.75) is 13.0 Å². The van der Waals surface area contributed by atoms with Crippen LogP contribution in [0.5, 0.6) is 0 Å². The van der Waals surface area contributed by atoms with Crippen molar-refractivity contribution in [1.29, 1.82) is 0 Å². The molecule has 0 amide bonds. The summed E-state index contributed by atoms with van der Waals surface area (Å²) in [7, 11) is 6.22. The highest BCUT2D eigenvalue weighted by molar-refractivity contribution is 8.93. The number of hydrogen-bond acceptors (Lipinski definition) is 3. The van der Waals surface area contributed by atoms with Crippen LogP contribution in [-0.4, -0.2) is 32.9 Å². The number of halogens is 1. The lowest BCUT2D eigenvalue weighted by atomic mass is 10.1. The molecule has 0 saturated heterocycles. The summed E-state index contributed by atoms with van der Waals surface area (Å²) in [6.45, 7) is 2.20. The van der Waals surface area contributed by atoms with Gasteiger partial charge in [-0.15, -0.1) is 17.0 Å². The molecule has 2 aromatic rings. The van der Waals surface area contributed by atoms with Gasteiger partial charge in [-0.25, -0.2) is 0 Å². The van der Waals surface area contributed by atoms with Crippen molar-refractivity contribution < 1.29 is 0 Å². The summed E-state index contributed by atoms with van der Waals surface area (Å²) in [4.78, 5) is 9.26. The zero-order valence-corrected chi connectivity index (χ0v) is 15.2. The predicted octanol–water partition coefficient (Wildman–Crippen LogP) is 4.29. The van der Waals surface area contributed by atoms with Gasteiger partial charge in [0.2, 0.25) is 0 Å². The normalized spacial score (nSPS) is 18.1. The molecule has 0 aromatic heterocycles. The first-order valence-corrected chi connectivity index (χ1v) is 7.26. The molecule has 0 bridgehead atoms. The largest absolute Gasteiger partial charge is 0.378 e. The first-order valence-electron chi connectivity index (χ1n) is 7.26. The van der Waals surface area contributed by atoms with Crippen LogP contribution in [0.1, 0.15) is 12.5 Å². The molecule has 4 heteroatoms. The molecule has 1 unspecified atom stereocenters. The summed E-state index contributed by atoms with van der Waals surface area (Å²) in [6.07, 6.45) is 0. The topological polar surface area (TPSA) is 18.8 Å². The van der Waals surface area contributed by atoms with Gasteiger partial charge in [-0.2, -0.15) is 0 Å². The Hall–Kier alpha value is -1.81. The van der Waals surface area contributed by atoms with Crippen LogP contribution in [0.4, 0.5) is 17.1 Å². The fraction of sp³-hybridized carbons (Fsp3) is 0.278. The molecule has 22 heavy (non-hydrogen) atoms. The molecule has 1 aliphatic heterocycles. The summed E-state index contributed by atoms with van der Waals surface area (Å²) in [6, 6.07) is 17.1. The number of hydrogen-bond donors (Lipinski definition) is 0. The van der Waals surface area contributed by atoms with Crippen LogP contribution < -0.4 is 9.80 Å². The molecule has 0 aliphatic carbocycles. The summed E-state index contributed by atoms with van der Waals surface area (Å²) in [5.41, 5.74) is 5.84. The minimum atomic E-state index is 0. The third-order valence-electron chi connectivity index (χ3n) is 4.15. The van der Waals surface area contributed by atoms with E-state index in [-0.39, 0.29) is 17.0 Å². The number of fused-ring (bicyclic) bond motifs is 1. The molecule has 1 heterocycles. The van der Waals surface area contributed by atoms with E-state index in [0.717, 1.165) is 11.4 Å². The zero-order chi connectivity index (χ0) is 15.0. The maximum atomic E-state index is 4.89. The number of aliphatic imine (C=N–C) groups is 1. The molecule has 116 valence electrons. The van der Waals surface area contributed by atoms with Crippen LogP contribution in [0.25, 0.3) is 0 Å². The van der Waals surface area contributed by atoms with Gasteiger partial charge >= 0.3 is 0 Å². The van der Waals surface area contributed by atoms with Gasteiger partial charge in [0.25, 0.3) is 0 Å². The van der Waals surface area contributed by atoms with Crippen molar-refractivity contribution in [2.24, 2.45) is 4.99 Å². The molecule has 0 spiro atoms. The molecule has 0 saturated carbocycles. The minimum absolute atomic E-state index is 0. The van der Waals surface area contributed by atoms with Crippen molar-refractivity contribution >= 4 is 39.8 Å². The molecule has 0 radical (unpaired) electrons. The van der Waals surface area contributed by atoms with E-state index in [0.29, 0.717) is 6.04 Å². The van der Waals surface area contributed by atoms with Gasteiger partial charge in [-0.3, -0.25) is 4.99 Å². The van der Waals surface area contributed by atoms with E-state index in [4.69, 9.17) is 4.99 Å². The van der Waals surface area contributed by atoms with Crippen molar-refractivity contribution in [1.82, 2.24) is 0 Å². The van der Waals surface area contributed by atoms with Crippen molar-refractivity contribution in [3.05, 3.63) is 54.1 Å². The molecule has 3 rings (SSSR count). The first-order chi connectivity index (χ1) is 10.1. The standard InChI is InChI=1S/C18H21N3.BrH/c1-13-18(16-7-5-6-8-17(16)21(13)4)19-14-9-11-15(12-10-14)20(2)3;/h5-13H,1-4H3;1H. The number of nitrogens with zero attached hydrogens (tertiary/aromatic N) is 3. The fourth-order valence-corrected chi connectivity index (χ4v) is 2.73. The summed E-state index contributed by atoms with van der Waals surface area (Å²) >= 11 is 0. The molecular weight excluding hydrogens is 338 g/mol. The average Bonchev–Trinajstić information content (AvgIpc) is 2.73. The Balaban J connectivity index is 0.00000176. The lowest BCUT2D eigenvalue weighted by Crippen LogP contribution is -2.28. The van der Waals surface area contributed by atoms with Crippen LogP contribution in [0, 0.1) is 0 Å². The van der Waals surface area contributed by atoms with E-state index in [2.05, 4.69) is 72.3 Å². The van der Waals surface area contributed by atoms with E-state index in [1.807, 2.05) is 14.1 Å². The predicted molar refractivity (Wildman–Crippen MR) is 102 cm³/mol. The second-order valence-corrected chi connectivity index (χ2v) is 5.71.